The van der Waals surface area contributed by atoms with E-state index in [1.807, 2.05) is 18.2 Å². The second-order valence-corrected chi connectivity index (χ2v) is 5.39. The van der Waals surface area contributed by atoms with Crippen LogP contribution in [0.15, 0.2) is 18.2 Å². The monoisotopic (exact) mass is 259 g/mol. The molecule has 0 radical (unpaired) electrons. The summed E-state index contributed by atoms with van der Waals surface area (Å²) < 4.78 is 11.2. The summed E-state index contributed by atoms with van der Waals surface area (Å²) in [6, 6.07) is 8.13. The van der Waals surface area contributed by atoms with Gasteiger partial charge in [0.25, 0.3) is 0 Å². The van der Waals surface area contributed by atoms with Crippen molar-refractivity contribution in [2.75, 3.05) is 19.8 Å². The van der Waals surface area contributed by atoms with Crippen molar-refractivity contribution in [3.05, 3.63) is 29.3 Å². The maximum atomic E-state index is 9.21. The molecule has 1 saturated heterocycles. The third-order valence-electron chi connectivity index (χ3n) is 3.61. The lowest BCUT2D eigenvalue weighted by atomic mass is 10.00. The van der Waals surface area contributed by atoms with Gasteiger partial charge in [0.15, 0.2) is 0 Å². The molecule has 3 nitrogen and oxygen atoms in total. The molecular weight excluding hydrogens is 238 g/mol. The fourth-order valence-electron chi connectivity index (χ4n) is 2.24. The maximum Gasteiger partial charge on any atom is 0.137 e. The predicted molar refractivity (Wildman–Crippen MR) is 74.3 cm³/mol. The Balaban J connectivity index is 2.01. The van der Waals surface area contributed by atoms with E-state index in [-0.39, 0.29) is 0 Å². The first kappa shape index (κ1) is 13.9. The topological polar surface area (TPSA) is 42.2 Å². The van der Waals surface area contributed by atoms with Crippen LogP contribution in [0.25, 0.3) is 0 Å². The number of nitrogens with zero attached hydrogens (tertiary/aromatic N) is 1. The second kappa shape index (κ2) is 6.58. The van der Waals surface area contributed by atoms with Crippen LogP contribution in [-0.4, -0.2) is 19.8 Å². The van der Waals surface area contributed by atoms with Gasteiger partial charge in [-0.15, -0.1) is 0 Å². The Bertz CT molecular complexity index is 456. The summed E-state index contributed by atoms with van der Waals surface area (Å²) in [5.74, 6) is 1.68. The van der Waals surface area contributed by atoms with Crippen molar-refractivity contribution in [1.29, 1.82) is 5.26 Å². The van der Waals surface area contributed by atoms with E-state index in [4.69, 9.17) is 9.47 Å². The van der Waals surface area contributed by atoms with E-state index in [0.29, 0.717) is 29.8 Å². The molecule has 1 aromatic carbocycles. The van der Waals surface area contributed by atoms with Crippen LogP contribution in [0.1, 0.15) is 43.7 Å². The first-order chi connectivity index (χ1) is 9.20. The van der Waals surface area contributed by atoms with Crippen LogP contribution < -0.4 is 4.74 Å². The summed E-state index contributed by atoms with van der Waals surface area (Å²) in [4.78, 5) is 0. The molecule has 1 aliphatic rings. The molecule has 0 unspecified atom stereocenters. The summed E-state index contributed by atoms with van der Waals surface area (Å²) in [6.07, 6.45) is 2.10. The molecule has 0 spiro atoms. The van der Waals surface area contributed by atoms with Crippen molar-refractivity contribution in [2.45, 2.75) is 32.6 Å². The average Bonchev–Trinajstić information content (AvgIpc) is 2.45. The molecular formula is C16H21NO2. The van der Waals surface area contributed by atoms with Gasteiger partial charge in [0.2, 0.25) is 0 Å². The van der Waals surface area contributed by atoms with Gasteiger partial charge in [-0.25, -0.2) is 0 Å². The number of hydrogen-bond donors (Lipinski definition) is 0. The molecule has 1 fully saturated rings. The first-order valence-corrected chi connectivity index (χ1v) is 6.95. The van der Waals surface area contributed by atoms with Gasteiger partial charge < -0.3 is 9.47 Å². The van der Waals surface area contributed by atoms with Crippen molar-refractivity contribution in [1.82, 2.24) is 0 Å². The fraction of sp³-hybridized carbons (Fsp3) is 0.562. The standard InChI is InChI=1S/C16H21NO2/c1-12(2)14-3-4-16(15(9-14)10-17)19-11-13-5-7-18-8-6-13/h3-4,9,12-13H,5-8,11H2,1-2H3. The Kier molecular flexibility index (Phi) is 4.81. The molecule has 1 heterocycles. The highest BCUT2D eigenvalue weighted by Gasteiger charge is 2.15. The van der Waals surface area contributed by atoms with Crippen molar-refractivity contribution in [2.24, 2.45) is 5.92 Å². The van der Waals surface area contributed by atoms with Crippen molar-refractivity contribution >= 4 is 0 Å². The molecule has 0 aromatic heterocycles. The molecule has 0 saturated carbocycles. The van der Waals surface area contributed by atoms with E-state index in [0.717, 1.165) is 26.1 Å². The lowest BCUT2D eigenvalue weighted by molar-refractivity contribution is 0.0497. The zero-order chi connectivity index (χ0) is 13.7. The quantitative estimate of drug-likeness (QED) is 0.831. The Morgan fingerprint density at radius 2 is 2.11 bits per heavy atom. The van der Waals surface area contributed by atoms with E-state index in [1.54, 1.807) is 0 Å². The van der Waals surface area contributed by atoms with Gasteiger partial charge >= 0.3 is 0 Å². The normalized spacial score (nSPS) is 16.3. The molecule has 2 rings (SSSR count). The van der Waals surface area contributed by atoms with Gasteiger partial charge in [-0.1, -0.05) is 19.9 Å². The zero-order valence-electron chi connectivity index (χ0n) is 11.7. The molecule has 0 N–H and O–H groups in total. The van der Waals surface area contributed by atoms with E-state index in [2.05, 4.69) is 19.9 Å². The van der Waals surface area contributed by atoms with Gasteiger partial charge in [-0.2, -0.15) is 5.26 Å². The van der Waals surface area contributed by atoms with E-state index in [9.17, 15) is 5.26 Å². The average molecular weight is 259 g/mol. The maximum absolute atomic E-state index is 9.21. The lowest BCUT2D eigenvalue weighted by Gasteiger charge is -2.22. The fourth-order valence-corrected chi connectivity index (χ4v) is 2.24. The molecule has 1 aromatic rings. The van der Waals surface area contributed by atoms with Gasteiger partial charge in [0.05, 0.1) is 12.2 Å². The smallest absolute Gasteiger partial charge is 0.137 e. The molecule has 3 heteroatoms. The highest BCUT2D eigenvalue weighted by Crippen LogP contribution is 2.25. The first-order valence-electron chi connectivity index (χ1n) is 6.95. The van der Waals surface area contributed by atoms with Crippen LogP contribution in [0.4, 0.5) is 0 Å². The Morgan fingerprint density at radius 1 is 1.37 bits per heavy atom. The van der Waals surface area contributed by atoms with Crippen LogP contribution in [0.3, 0.4) is 0 Å². The molecule has 1 aliphatic heterocycles. The van der Waals surface area contributed by atoms with E-state index < -0.39 is 0 Å². The highest BCUT2D eigenvalue weighted by atomic mass is 16.5. The van der Waals surface area contributed by atoms with Crippen molar-refractivity contribution in [3.63, 3.8) is 0 Å². The number of hydrogen-bond acceptors (Lipinski definition) is 3. The van der Waals surface area contributed by atoms with Crippen LogP contribution >= 0.6 is 0 Å². The molecule has 0 atom stereocenters. The van der Waals surface area contributed by atoms with Crippen LogP contribution in [0.2, 0.25) is 0 Å². The minimum Gasteiger partial charge on any atom is -0.492 e. The van der Waals surface area contributed by atoms with Crippen LogP contribution in [0, 0.1) is 17.2 Å². The summed E-state index contributed by atoms with van der Waals surface area (Å²) in [5, 5.41) is 9.21. The summed E-state index contributed by atoms with van der Waals surface area (Å²) in [5.41, 5.74) is 1.81. The molecule has 0 aliphatic carbocycles. The van der Waals surface area contributed by atoms with E-state index in [1.165, 1.54) is 5.56 Å². The highest BCUT2D eigenvalue weighted by molar-refractivity contribution is 5.46. The van der Waals surface area contributed by atoms with Gasteiger partial charge in [-0.05, 0) is 42.4 Å². The minimum absolute atomic E-state index is 0.427. The number of benzene rings is 1. The number of ether oxygens (including phenoxy) is 2. The van der Waals surface area contributed by atoms with Gasteiger partial charge in [0.1, 0.15) is 11.8 Å². The molecule has 19 heavy (non-hydrogen) atoms. The predicted octanol–water partition coefficient (Wildman–Crippen LogP) is 3.49. The van der Waals surface area contributed by atoms with Crippen LogP contribution in [-0.2, 0) is 4.74 Å². The largest absolute Gasteiger partial charge is 0.492 e. The SMILES string of the molecule is CC(C)c1ccc(OCC2CCOCC2)c(C#N)c1. The molecule has 0 amide bonds. The zero-order valence-corrected chi connectivity index (χ0v) is 11.7. The molecule has 102 valence electrons. The summed E-state index contributed by atoms with van der Waals surface area (Å²) in [6.45, 7) is 6.58. The number of nitriles is 1. The third kappa shape index (κ3) is 3.71. The summed E-state index contributed by atoms with van der Waals surface area (Å²) in [7, 11) is 0. The lowest BCUT2D eigenvalue weighted by Crippen LogP contribution is -2.21. The second-order valence-electron chi connectivity index (χ2n) is 5.39. The Hall–Kier alpha value is -1.53. The number of rotatable bonds is 4. The summed E-state index contributed by atoms with van der Waals surface area (Å²) >= 11 is 0. The van der Waals surface area contributed by atoms with Crippen molar-refractivity contribution in [3.8, 4) is 11.8 Å². The Morgan fingerprint density at radius 3 is 2.74 bits per heavy atom. The van der Waals surface area contributed by atoms with Crippen molar-refractivity contribution < 1.29 is 9.47 Å². The molecule has 0 bridgehead atoms. The minimum atomic E-state index is 0.427. The van der Waals surface area contributed by atoms with Crippen LogP contribution in [0.5, 0.6) is 5.75 Å². The Labute approximate surface area is 115 Å². The van der Waals surface area contributed by atoms with Gasteiger partial charge in [0, 0.05) is 13.2 Å². The van der Waals surface area contributed by atoms with E-state index >= 15 is 0 Å². The van der Waals surface area contributed by atoms with Gasteiger partial charge in [-0.3, -0.25) is 0 Å². The third-order valence-corrected chi connectivity index (χ3v) is 3.61.